The van der Waals surface area contributed by atoms with Crippen LogP contribution in [0.5, 0.6) is 0 Å². The van der Waals surface area contributed by atoms with Crippen molar-refractivity contribution in [3.8, 4) is 0 Å². The molecule has 1 aromatic rings. The highest BCUT2D eigenvalue weighted by atomic mass is 32.2. The Bertz CT molecular complexity index is 475. The number of hydrogen-bond acceptors (Lipinski definition) is 4. The summed E-state index contributed by atoms with van der Waals surface area (Å²) >= 11 is 0. The van der Waals surface area contributed by atoms with E-state index in [0.29, 0.717) is 13.1 Å². The van der Waals surface area contributed by atoms with Crippen LogP contribution in [-0.4, -0.2) is 40.8 Å². The summed E-state index contributed by atoms with van der Waals surface area (Å²) in [6.07, 6.45) is -0.101. The molecule has 2 rings (SSSR count). The summed E-state index contributed by atoms with van der Waals surface area (Å²) in [6.45, 7) is 1.28. The molecule has 18 heavy (non-hydrogen) atoms. The summed E-state index contributed by atoms with van der Waals surface area (Å²) < 4.78 is 32.0. The first-order chi connectivity index (χ1) is 8.61. The lowest BCUT2D eigenvalue weighted by molar-refractivity contribution is 0.103. The molecule has 0 bridgehead atoms. The Morgan fingerprint density at radius 3 is 2.72 bits per heavy atom. The van der Waals surface area contributed by atoms with Crippen LogP contribution in [0.15, 0.2) is 30.3 Å². The van der Waals surface area contributed by atoms with Gasteiger partial charge in [0.2, 0.25) is 10.0 Å². The van der Waals surface area contributed by atoms with Crippen LogP contribution >= 0.6 is 0 Å². The van der Waals surface area contributed by atoms with E-state index in [9.17, 15) is 8.42 Å². The van der Waals surface area contributed by atoms with E-state index >= 15 is 0 Å². The minimum Gasteiger partial charge on any atom is -0.378 e. The van der Waals surface area contributed by atoms with Crippen molar-refractivity contribution < 1.29 is 13.2 Å². The van der Waals surface area contributed by atoms with Crippen molar-refractivity contribution in [3.63, 3.8) is 0 Å². The van der Waals surface area contributed by atoms with Gasteiger partial charge in [-0.2, -0.15) is 0 Å². The molecule has 0 aromatic heterocycles. The van der Waals surface area contributed by atoms with Gasteiger partial charge in [0.25, 0.3) is 0 Å². The summed E-state index contributed by atoms with van der Waals surface area (Å²) in [5.41, 5.74) is 0.782. The molecule has 1 fully saturated rings. The van der Waals surface area contributed by atoms with Gasteiger partial charge in [0, 0.05) is 20.2 Å². The molecule has 1 saturated heterocycles. The number of benzene rings is 1. The summed E-state index contributed by atoms with van der Waals surface area (Å²) in [6, 6.07) is 8.95. The minimum absolute atomic E-state index is 0.000768. The fourth-order valence-electron chi connectivity index (χ4n) is 2.09. The molecule has 2 N–H and O–H groups in total. The fraction of sp³-hybridized carbons (Fsp3) is 0.500. The third-order valence-corrected chi connectivity index (χ3v) is 4.37. The molecule has 0 spiro atoms. The predicted molar refractivity (Wildman–Crippen MR) is 69.7 cm³/mol. The van der Waals surface area contributed by atoms with Gasteiger partial charge in [-0.15, -0.1) is 0 Å². The lowest BCUT2D eigenvalue weighted by Gasteiger charge is -2.18. The standard InChI is InChI=1S/C12H18N2O3S/c1-17-12-8-13-7-11(12)14-18(15,16)9-10-5-3-2-4-6-10/h2-6,11-14H,7-9H2,1H3/t11?,12-/m1/s1. The molecule has 1 aliphatic rings. The number of hydrogen-bond donors (Lipinski definition) is 2. The second-order valence-corrected chi connectivity index (χ2v) is 6.16. The number of methoxy groups -OCH3 is 1. The molecule has 0 radical (unpaired) electrons. The first-order valence-electron chi connectivity index (χ1n) is 5.88. The third-order valence-electron chi connectivity index (χ3n) is 2.99. The molecule has 100 valence electrons. The quantitative estimate of drug-likeness (QED) is 0.796. The molecular weight excluding hydrogens is 252 g/mol. The summed E-state index contributed by atoms with van der Waals surface area (Å²) in [5, 5.41) is 3.11. The van der Waals surface area contributed by atoms with Crippen LogP contribution in [0.3, 0.4) is 0 Å². The number of nitrogens with one attached hydrogen (secondary N) is 2. The van der Waals surface area contributed by atoms with Gasteiger partial charge < -0.3 is 10.1 Å². The van der Waals surface area contributed by atoms with Gasteiger partial charge in [-0.3, -0.25) is 0 Å². The first-order valence-corrected chi connectivity index (χ1v) is 7.53. The van der Waals surface area contributed by atoms with E-state index in [1.54, 1.807) is 19.2 Å². The smallest absolute Gasteiger partial charge is 0.216 e. The van der Waals surface area contributed by atoms with Crippen LogP contribution in [0.4, 0.5) is 0 Å². The van der Waals surface area contributed by atoms with Crippen LogP contribution in [0, 0.1) is 0 Å². The lowest BCUT2D eigenvalue weighted by atomic mass is 10.2. The lowest BCUT2D eigenvalue weighted by Crippen LogP contribution is -2.43. The molecule has 0 amide bonds. The molecule has 6 heteroatoms. The maximum Gasteiger partial charge on any atom is 0.216 e. The van der Waals surface area contributed by atoms with Gasteiger partial charge in [0.15, 0.2) is 0 Å². The highest BCUT2D eigenvalue weighted by molar-refractivity contribution is 7.88. The second kappa shape index (κ2) is 5.79. The topological polar surface area (TPSA) is 67.4 Å². The zero-order chi connectivity index (χ0) is 13.0. The van der Waals surface area contributed by atoms with Gasteiger partial charge in [-0.25, -0.2) is 13.1 Å². The van der Waals surface area contributed by atoms with E-state index < -0.39 is 10.0 Å². The van der Waals surface area contributed by atoms with Gasteiger partial charge in [-0.1, -0.05) is 30.3 Å². The average molecular weight is 270 g/mol. The van der Waals surface area contributed by atoms with Crippen molar-refractivity contribution in [1.29, 1.82) is 0 Å². The van der Waals surface area contributed by atoms with E-state index in [1.807, 2.05) is 18.2 Å². The number of ether oxygens (including phenoxy) is 1. The van der Waals surface area contributed by atoms with E-state index in [2.05, 4.69) is 10.0 Å². The number of rotatable bonds is 5. The largest absolute Gasteiger partial charge is 0.378 e. The molecular formula is C12H18N2O3S. The first kappa shape index (κ1) is 13.5. The summed E-state index contributed by atoms with van der Waals surface area (Å²) in [7, 11) is -1.74. The van der Waals surface area contributed by atoms with Gasteiger partial charge in [-0.05, 0) is 5.56 Å². The Labute approximate surface area is 108 Å². The van der Waals surface area contributed by atoms with Crippen LogP contribution in [0.1, 0.15) is 5.56 Å². The van der Waals surface area contributed by atoms with Crippen molar-refractivity contribution in [1.82, 2.24) is 10.0 Å². The summed E-state index contributed by atoms with van der Waals surface area (Å²) in [5.74, 6) is 0.000768. The third kappa shape index (κ3) is 3.52. The zero-order valence-corrected chi connectivity index (χ0v) is 11.1. The Balaban J connectivity index is 1.99. The predicted octanol–water partition coefficient (Wildman–Crippen LogP) is 0.0928. The maximum atomic E-state index is 12.0. The van der Waals surface area contributed by atoms with Crippen molar-refractivity contribution in [3.05, 3.63) is 35.9 Å². The average Bonchev–Trinajstić information content (AvgIpc) is 2.76. The van der Waals surface area contributed by atoms with E-state index in [0.717, 1.165) is 5.56 Å². The molecule has 1 aliphatic heterocycles. The molecule has 5 nitrogen and oxygen atoms in total. The van der Waals surface area contributed by atoms with Crippen molar-refractivity contribution >= 4 is 10.0 Å². The Hall–Kier alpha value is -0.950. The van der Waals surface area contributed by atoms with Crippen LogP contribution < -0.4 is 10.0 Å². The molecule has 0 aliphatic carbocycles. The Morgan fingerprint density at radius 1 is 1.33 bits per heavy atom. The van der Waals surface area contributed by atoms with Crippen LogP contribution in [-0.2, 0) is 20.5 Å². The van der Waals surface area contributed by atoms with Crippen molar-refractivity contribution in [2.45, 2.75) is 17.9 Å². The summed E-state index contributed by atoms with van der Waals surface area (Å²) in [4.78, 5) is 0. The van der Waals surface area contributed by atoms with Gasteiger partial charge in [0.1, 0.15) is 0 Å². The minimum atomic E-state index is -3.33. The Morgan fingerprint density at radius 2 is 2.06 bits per heavy atom. The normalized spacial score (nSPS) is 24.3. The monoisotopic (exact) mass is 270 g/mol. The zero-order valence-electron chi connectivity index (χ0n) is 10.3. The van der Waals surface area contributed by atoms with Crippen LogP contribution in [0.25, 0.3) is 0 Å². The van der Waals surface area contributed by atoms with E-state index in [-0.39, 0.29) is 17.9 Å². The fourth-order valence-corrected chi connectivity index (χ4v) is 3.50. The highest BCUT2D eigenvalue weighted by Crippen LogP contribution is 2.09. The van der Waals surface area contributed by atoms with Gasteiger partial charge >= 0.3 is 0 Å². The molecule has 2 atom stereocenters. The van der Waals surface area contributed by atoms with Crippen molar-refractivity contribution in [2.24, 2.45) is 0 Å². The van der Waals surface area contributed by atoms with E-state index in [4.69, 9.17) is 4.74 Å². The number of sulfonamides is 1. The molecule has 1 aromatic carbocycles. The van der Waals surface area contributed by atoms with Gasteiger partial charge in [0.05, 0.1) is 17.9 Å². The van der Waals surface area contributed by atoms with Crippen molar-refractivity contribution in [2.75, 3.05) is 20.2 Å². The molecule has 1 heterocycles. The highest BCUT2D eigenvalue weighted by Gasteiger charge is 2.30. The Kier molecular flexibility index (Phi) is 4.34. The molecule has 1 unspecified atom stereocenters. The second-order valence-electron chi connectivity index (χ2n) is 4.40. The molecule has 0 saturated carbocycles. The maximum absolute atomic E-state index is 12.0. The van der Waals surface area contributed by atoms with E-state index in [1.165, 1.54) is 0 Å². The SMILES string of the molecule is CO[C@@H]1CNCC1NS(=O)(=O)Cc1ccccc1. The van der Waals surface area contributed by atoms with Crippen LogP contribution in [0.2, 0.25) is 0 Å².